The van der Waals surface area contributed by atoms with Gasteiger partial charge in [0.2, 0.25) is 0 Å². The SMILES string of the molecule is Cl.Cl.O=C(O)c1cccnc1N1CCN(CCCCN2c3ccccc3CCc3ccccc32)CC1. The fraction of sp³-hybridized carbons (Fsp3) is 0.357. The number of rotatable bonds is 7. The van der Waals surface area contributed by atoms with Crippen molar-refractivity contribution in [2.45, 2.75) is 25.7 Å². The number of piperazine rings is 1. The lowest BCUT2D eigenvalue weighted by molar-refractivity contribution is 0.0697. The number of pyridine rings is 1. The largest absolute Gasteiger partial charge is 0.478 e. The van der Waals surface area contributed by atoms with E-state index in [0.717, 1.165) is 65.0 Å². The molecule has 5 rings (SSSR count). The normalized spacial score (nSPS) is 15.1. The predicted octanol–water partition coefficient (Wildman–Crippen LogP) is 5.46. The van der Waals surface area contributed by atoms with Crippen LogP contribution in [-0.2, 0) is 12.8 Å². The molecular weight excluding hydrogens is 495 g/mol. The van der Waals surface area contributed by atoms with Gasteiger partial charge in [0.15, 0.2) is 0 Å². The molecule has 2 aliphatic rings. The molecule has 2 aromatic carbocycles. The maximum absolute atomic E-state index is 11.5. The highest BCUT2D eigenvalue weighted by Crippen LogP contribution is 2.36. The lowest BCUT2D eigenvalue weighted by Gasteiger charge is -2.36. The molecule has 0 amide bonds. The monoisotopic (exact) mass is 528 g/mol. The molecule has 1 fully saturated rings. The van der Waals surface area contributed by atoms with Crippen LogP contribution in [0.15, 0.2) is 66.9 Å². The van der Waals surface area contributed by atoms with Crippen molar-refractivity contribution in [3.8, 4) is 0 Å². The molecule has 0 bridgehead atoms. The molecule has 8 heteroatoms. The number of aromatic nitrogens is 1. The van der Waals surface area contributed by atoms with Crippen LogP contribution < -0.4 is 9.80 Å². The van der Waals surface area contributed by atoms with E-state index >= 15 is 0 Å². The van der Waals surface area contributed by atoms with E-state index in [-0.39, 0.29) is 30.4 Å². The van der Waals surface area contributed by atoms with Crippen LogP contribution in [0.1, 0.15) is 34.3 Å². The fourth-order valence-corrected chi connectivity index (χ4v) is 5.22. The number of fused-ring (bicyclic) bond motifs is 2. The zero-order chi connectivity index (χ0) is 23.3. The number of aromatic carboxylic acids is 1. The second kappa shape index (κ2) is 12.9. The van der Waals surface area contributed by atoms with Gasteiger partial charge >= 0.3 is 5.97 Å². The molecule has 192 valence electrons. The predicted molar refractivity (Wildman–Crippen MR) is 151 cm³/mol. The van der Waals surface area contributed by atoms with Gasteiger partial charge < -0.3 is 14.9 Å². The summed E-state index contributed by atoms with van der Waals surface area (Å²) in [7, 11) is 0. The van der Waals surface area contributed by atoms with Gasteiger partial charge in [-0.25, -0.2) is 9.78 Å². The van der Waals surface area contributed by atoms with E-state index in [1.54, 1.807) is 18.3 Å². The van der Waals surface area contributed by atoms with Crippen molar-refractivity contribution in [2.24, 2.45) is 0 Å². The summed E-state index contributed by atoms with van der Waals surface area (Å²) in [6, 6.07) is 21.0. The third-order valence-corrected chi connectivity index (χ3v) is 7.02. The Morgan fingerprint density at radius 1 is 0.778 bits per heavy atom. The van der Waals surface area contributed by atoms with Crippen LogP contribution in [0.2, 0.25) is 0 Å². The van der Waals surface area contributed by atoms with E-state index < -0.39 is 5.97 Å². The van der Waals surface area contributed by atoms with Gasteiger partial charge in [-0.3, -0.25) is 4.90 Å². The van der Waals surface area contributed by atoms with Gasteiger partial charge in [0.05, 0.1) is 0 Å². The summed E-state index contributed by atoms with van der Waals surface area (Å²) in [5.74, 6) is -0.324. The lowest BCUT2D eigenvalue weighted by atomic mass is 10.0. The number of unbranched alkanes of at least 4 members (excludes halogenated alkanes) is 1. The first-order valence-electron chi connectivity index (χ1n) is 12.3. The Kier molecular flexibility index (Phi) is 9.99. The van der Waals surface area contributed by atoms with Crippen LogP contribution in [0.3, 0.4) is 0 Å². The average molecular weight is 530 g/mol. The molecule has 1 aromatic heterocycles. The van der Waals surface area contributed by atoms with Gasteiger partial charge in [0.25, 0.3) is 0 Å². The maximum atomic E-state index is 11.5. The molecular formula is C28H34Cl2N4O2. The molecule has 1 saturated heterocycles. The third-order valence-electron chi connectivity index (χ3n) is 7.02. The summed E-state index contributed by atoms with van der Waals surface area (Å²) in [6.45, 7) is 5.58. The van der Waals surface area contributed by atoms with Crippen molar-refractivity contribution in [1.82, 2.24) is 9.88 Å². The number of carbonyl (C=O) groups is 1. The molecule has 36 heavy (non-hydrogen) atoms. The van der Waals surface area contributed by atoms with Crippen LogP contribution in [0.25, 0.3) is 0 Å². The van der Waals surface area contributed by atoms with E-state index in [2.05, 4.69) is 68.2 Å². The first-order chi connectivity index (χ1) is 16.7. The van der Waals surface area contributed by atoms with Crippen LogP contribution in [0.4, 0.5) is 17.2 Å². The molecule has 3 heterocycles. The van der Waals surface area contributed by atoms with Gasteiger partial charge in [-0.15, -0.1) is 24.8 Å². The maximum Gasteiger partial charge on any atom is 0.339 e. The van der Waals surface area contributed by atoms with Gasteiger partial charge in [0, 0.05) is 50.3 Å². The van der Waals surface area contributed by atoms with Crippen molar-refractivity contribution < 1.29 is 9.90 Å². The number of nitrogens with zero attached hydrogens (tertiary/aromatic N) is 4. The van der Waals surface area contributed by atoms with Crippen LogP contribution >= 0.6 is 24.8 Å². The number of halogens is 2. The summed E-state index contributed by atoms with van der Waals surface area (Å²) < 4.78 is 0. The van der Waals surface area contributed by atoms with Gasteiger partial charge in [-0.1, -0.05) is 36.4 Å². The highest BCUT2D eigenvalue weighted by Gasteiger charge is 2.23. The van der Waals surface area contributed by atoms with Crippen molar-refractivity contribution in [1.29, 1.82) is 0 Å². The Hall–Kier alpha value is -2.80. The Morgan fingerprint density at radius 3 is 1.97 bits per heavy atom. The Balaban J connectivity index is 0.00000180. The second-order valence-corrected chi connectivity index (χ2v) is 9.12. The van der Waals surface area contributed by atoms with E-state index in [1.165, 1.54) is 22.5 Å². The molecule has 3 aromatic rings. The Bertz CT molecular complexity index is 1100. The topological polar surface area (TPSA) is 59.9 Å². The minimum absolute atomic E-state index is 0. The van der Waals surface area contributed by atoms with Crippen LogP contribution in [0.5, 0.6) is 0 Å². The molecule has 6 nitrogen and oxygen atoms in total. The molecule has 0 spiro atoms. The van der Waals surface area contributed by atoms with Crippen molar-refractivity contribution in [2.75, 3.05) is 49.1 Å². The minimum Gasteiger partial charge on any atom is -0.478 e. The molecule has 0 radical (unpaired) electrons. The first kappa shape index (κ1) is 27.8. The van der Waals surface area contributed by atoms with Crippen molar-refractivity contribution in [3.63, 3.8) is 0 Å². The smallest absolute Gasteiger partial charge is 0.339 e. The van der Waals surface area contributed by atoms with E-state index in [9.17, 15) is 9.90 Å². The highest BCUT2D eigenvalue weighted by molar-refractivity contribution is 5.93. The van der Waals surface area contributed by atoms with Gasteiger partial charge in [-0.2, -0.15) is 0 Å². The Labute approximate surface area is 225 Å². The van der Waals surface area contributed by atoms with E-state index in [0.29, 0.717) is 5.82 Å². The van der Waals surface area contributed by atoms with Gasteiger partial charge in [0.1, 0.15) is 11.4 Å². The number of benzene rings is 2. The quantitative estimate of drug-likeness (QED) is 0.410. The minimum atomic E-state index is -0.915. The summed E-state index contributed by atoms with van der Waals surface area (Å²) in [6.07, 6.45) is 6.13. The molecule has 1 N–H and O–H groups in total. The Morgan fingerprint density at radius 2 is 1.36 bits per heavy atom. The highest BCUT2D eigenvalue weighted by atomic mass is 35.5. The fourth-order valence-electron chi connectivity index (χ4n) is 5.22. The lowest BCUT2D eigenvalue weighted by Crippen LogP contribution is -2.47. The summed E-state index contributed by atoms with van der Waals surface area (Å²) in [4.78, 5) is 23.0. The first-order valence-corrected chi connectivity index (χ1v) is 12.3. The number of carboxylic acids is 1. The van der Waals surface area contributed by atoms with E-state index in [4.69, 9.17) is 0 Å². The van der Waals surface area contributed by atoms with Crippen molar-refractivity contribution in [3.05, 3.63) is 83.6 Å². The number of anilines is 3. The zero-order valence-electron chi connectivity index (χ0n) is 20.4. The second-order valence-electron chi connectivity index (χ2n) is 9.12. The summed E-state index contributed by atoms with van der Waals surface area (Å²) in [5.41, 5.74) is 5.86. The summed E-state index contributed by atoms with van der Waals surface area (Å²) in [5, 5.41) is 9.46. The molecule has 2 aliphatic heterocycles. The number of hydrogen-bond acceptors (Lipinski definition) is 5. The van der Waals surface area contributed by atoms with Gasteiger partial charge in [-0.05, 0) is 67.6 Å². The van der Waals surface area contributed by atoms with E-state index in [1.807, 2.05) is 0 Å². The number of carboxylic acid groups (broad SMARTS) is 1. The molecule has 0 saturated carbocycles. The van der Waals surface area contributed by atoms with Crippen molar-refractivity contribution >= 4 is 48.0 Å². The molecule has 0 atom stereocenters. The number of para-hydroxylation sites is 2. The molecule has 0 unspecified atom stereocenters. The number of hydrogen-bond donors (Lipinski definition) is 1. The third kappa shape index (κ3) is 6.12. The standard InChI is InChI=1S/C28H32N4O2.2ClH/c33-28(34)24-10-7-15-29-27(24)31-20-18-30(19-21-31)16-5-6-17-32-25-11-3-1-8-22(25)13-14-23-9-2-4-12-26(23)32;;/h1-4,7-12,15H,5-6,13-14,16-21H2,(H,33,34);2*1H. The summed E-state index contributed by atoms with van der Waals surface area (Å²) >= 11 is 0. The van der Waals surface area contributed by atoms with Crippen LogP contribution in [-0.4, -0.2) is 60.2 Å². The zero-order valence-corrected chi connectivity index (χ0v) is 22.0. The average Bonchev–Trinajstić information content (AvgIpc) is 3.04. The number of aryl methyl sites for hydroxylation is 2. The molecule has 0 aliphatic carbocycles. The van der Waals surface area contributed by atoms with Crippen LogP contribution in [0, 0.1) is 0 Å².